The average Bonchev–Trinajstić information content (AvgIpc) is 3.31. The molecule has 7 heteroatoms. The first-order valence-electron chi connectivity index (χ1n) is 9.28. The van der Waals surface area contributed by atoms with Crippen LogP contribution in [0.4, 0.5) is 0 Å². The number of aromatic amines is 1. The Morgan fingerprint density at radius 2 is 2.04 bits per heavy atom. The lowest BCUT2D eigenvalue weighted by Crippen LogP contribution is -2.36. The van der Waals surface area contributed by atoms with Crippen molar-refractivity contribution in [2.24, 2.45) is 0 Å². The number of ether oxygens (including phenoxy) is 2. The number of hydrogen-bond acceptors (Lipinski definition) is 5. The number of nitrogens with one attached hydrogen (secondary N) is 1. The topological polar surface area (TPSA) is 70.7 Å². The summed E-state index contributed by atoms with van der Waals surface area (Å²) >= 11 is 0. The maximum absolute atomic E-state index is 12.2. The smallest absolute Gasteiger partial charge is 0.236 e. The third-order valence-corrected chi connectivity index (χ3v) is 4.76. The van der Waals surface area contributed by atoms with E-state index in [-0.39, 0.29) is 5.91 Å². The molecule has 146 valence electrons. The van der Waals surface area contributed by atoms with Crippen molar-refractivity contribution in [1.29, 1.82) is 0 Å². The molecule has 1 fully saturated rings. The highest BCUT2D eigenvalue weighted by Crippen LogP contribution is 2.26. The molecule has 2 aromatic rings. The molecule has 0 radical (unpaired) electrons. The van der Waals surface area contributed by atoms with Gasteiger partial charge in [0, 0.05) is 31.1 Å². The van der Waals surface area contributed by atoms with Gasteiger partial charge in [-0.25, -0.2) is 0 Å². The number of methoxy groups -OCH3 is 1. The highest BCUT2D eigenvalue weighted by molar-refractivity contribution is 5.78. The zero-order valence-electron chi connectivity index (χ0n) is 16.3. The van der Waals surface area contributed by atoms with Crippen LogP contribution in [-0.2, 0) is 11.2 Å². The summed E-state index contributed by atoms with van der Waals surface area (Å²) in [6, 6.07) is 9.66. The summed E-state index contributed by atoms with van der Waals surface area (Å²) in [6.07, 6.45) is 1.72. The second-order valence-corrected chi connectivity index (χ2v) is 7.16. The van der Waals surface area contributed by atoms with Gasteiger partial charge in [-0.15, -0.1) is 0 Å². The quantitative estimate of drug-likeness (QED) is 0.767. The van der Waals surface area contributed by atoms with Crippen molar-refractivity contribution in [3.8, 4) is 11.5 Å². The molecule has 1 amide bonds. The number of benzene rings is 1. The van der Waals surface area contributed by atoms with E-state index in [1.807, 2.05) is 48.2 Å². The standard InChI is InChI=1S/C20H28N4O3/c1-23(2)14-20(25)24-10-8-15(13-24)19-12-16(21-22-19)9-11-27-18-6-4-17(26-3)5-7-18/h4-7,12,15H,8-11,13-14H2,1-3H3,(H,21,22). The molecule has 0 saturated carbocycles. The minimum Gasteiger partial charge on any atom is -0.497 e. The summed E-state index contributed by atoms with van der Waals surface area (Å²) in [5.41, 5.74) is 2.09. The Balaban J connectivity index is 1.46. The summed E-state index contributed by atoms with van der Waals surface area (Å²) in [7, 11) is 5.48. The molecule has 0 spiro atoms. The Kier molecular flexibility index (Phi) is 6.34. The molecule has 0 aliphatic carbocycles. The van der Waals surface area contributed by atoms with Gasteiger partial charge < -0.3 is 19.3 Å². The number of rotatable bonds is 8. The SMILES string of the molecule is COc1ccc(OCCc2cc(C3CCN(C(=O)CN(C)C)C3)n[nH]2)cc1. The molecule has 2 heterocycles. The third-order valence-electron chi connectivity index (χ3n) is 4.76. The summed E-state index contributed by atoms with van der Waals surface area (Å²) in [6.45, 7) is 2.59. The number of H-pyrrole nitrogens is 1. The fraction of sp³-hybridized carbons (Fsp3) is 0.500. The van der Waals surface area contributed by atoms with Gasteiger partial charge in [0.05, 0.1) is 26.0 Å². The maximum Gasteiger partial charge on any atom is 0.236 e. The molecule has 7 nitrogen and oxygen atoms in total. The highest BCUT2D eigenvalue weighted by atomic mass is 16.5. The monoisotopic (exact) mass is 372 g/mol. The van der Waals surface area contributed by atoms with Crippen molar-refractivity contribution >= 4 is 5.91 Å². The minimum absolute atomic E-state index is 0.186. The molecule has 1 aromatic heterocycles. The molecule has 1 N–H and O–H groups in total. The average molecular weight is 372 g/mol. The molecule has 1 atom stereocenters. The van der Waals surface area contributed by atoms with E-state index in [9.17, 15) is 4.79 Å². The Bertz CT molecular complexity index is 742. The van der Waals surface area contributed by atoms with Gasteiger partial charge in [0.25, 0.3) is 0 Å². The molecule has 27 heavy (non-hydrogen) atoms. The van der Waals surface area contributed by atoms with Crippen molar-refractivity contribution in [1.82, 2.24) is 20.0 Å². The van der Waals surface area contributed by atoms with Crippen LogP contribution < -0.4 is 9.47 Å². The zero-order chi connectivity index (χ0) is 19.2. The number of carbonyl (C=O) groups is 1. The van der Waals surface area contributed by atoms with Crippen molar-refractivity contribution < 1.29 is 14.3 Å². The summed E-state index contributed by atoms with van der Waals surface area (Å²) < 4.78 is 10.9. The van der Waals surface area contributed by atoms with E-state index in [0.717, 1.165) is 48.8 Å². The number of amides is 1. The van der Waals surface area contributed by atoms with Gasteiger partial charge in [0.1, 0.15) is 11.5 Å². The maximum atomic E-state index is 12.2. The number of likely N-dealkylation sites (tertiary alicyclic amines) is 1. The number of carbonyl (C=O) groups excluding carboxylic acids is 1. The Labute approximate surface area is 160 Å². The predicted molar refractivity (Wildman–Crippen MR) is 103 cm³/mol. The summed E-state index contributed by atoms with van der Waals surface area (Å²) in [4.78, 5) is 16.0. The van der Waals surface area contributed by atoms with Crippen LogP contribution in [0.25, 0.3) is 0 Å². The van der Waals surface area contributed by atoms with Crippen molar-refractivity contribution in [2.75, 3.05) is 47.4 Å². The van der Waals surface area contributed by atoms with E-state index in [1.54, 1.807) is 7.11 Å². The number of nitrogens with zero attached hydrogens (tertiary/aromatic N) is 3. The minimum atomic E-state index is 0.186. The van der Waals surface area contributed by atoms with Crippen LogP contribution >= 0.6 is 0 Å². The lowest BCUT2D eigenvalue weighted by atomic mass is 10.0. The van der Waals surface area contributed by atoms with E-state index in [2.05, 4.69) is 16.3 Å². The molecule has 0 bridgehead atoms. The van der Waals surface area contributed by atoms with Gasteiger partial charge in [-0.2, -0.15) is 5.10 Å². The normalized spacial score (nSPS) is 16.7. The van der Waals surface area contributed by atoms with E-state index in [0.29, 0.717) is 19.1 Å². The first kappa shape index (κ1) is 19.2. The largest absolute Gasteiger partial charge is 0.497 e. The van der Waals surface area contributed by atoms with E-state index < -0.39 is 0 Å². The van der Waals surface area contributed by atoms with Gasteiger partial charge in [0.2, 0.25) is 5.91 Å². The Hall–Kier alpha value is -2.54. The lowest BCUT2D eigenvalue weighted by Gasteiger charge is -2.18. The van der Waals surface area contributed by atoms with Crippen molar-refractivity contribution in [2.45, 2.75) is 18.8 Å². The molecule has 3 rings (SSSR count). The van der Waals surface area contributed by atoms with Gasteiger partial charge in [-0.3, -0.25) is 9.89 Å². The van der Waals surface area contributed by atoms with Gasteiger partial charge in [0.15, 0.2) is 0 Å². The fourth-order valence-corrected chi connectivity index (χ4v) is 3.27. The fourth-order valence-electron chi connectivity index (χ4n) is 3.27. The van der Waals surface area contributed by atoms with Crippen LogP contribution in [0, 0.1) is 0 Å². The van der Waals surface area contributed by atoms with Crippen LogP contribution in [0.15, 0.2) is 30.3 Å². The summed E-state index contributed by atoms with van der Waals surface area (Å²) in [5.74, 6) is 2.13. The van der Waals surface area contributed by atoms with E-state index in [1.165, 1.54) is 0 Å². The molecule has 1 aliphatic heterocycles. The first-order chi connectivity index (χ1) is 13.0. The molecular weight excluding hydrogens is 344 g/mol. The Morgan fingerprint density at radius 1 is 1.30 bits per heavy atom. The number of aromatic nitrogens is 2. The van der Waals surface area contributed by atoms with Gasteiger partial charge >= 0.3 is 0 Å². The second kappa shape index (κ2) is 8.90. The molecular formula is C20H28N4O3. The summed E-state index contributed by atoms with van der Waals surface area (Å²) in [5, 5.41) is 7.56. The van der Waals surface area contributed by atoms with Gasteiger partial charge in [-0.1, -0.05) is 0 Å². The lowest BCUT2D eigenvalue weighted by molar-refractivity contribution is -0.130. The van der Waals surface area contributed by atoms with Gasteiger partial charge in [-0.05, 0) is 50.8 Å². The number of likely N-dealkylation sites (N-methyl/N-ethyl adjacent to an activating group) is 1. The van der Waals surface area contributed by atoms with Crippen molar-refractivity contribution in [3.63, 3.8) is 0 Å². The van der Waals surface area contributed by atoms with E-state index in [4.69, 9.17) is 9.47 Å². The molecule has 1 aliphatic rings. The zero-order valence-corrected chi connectivity index (χ0v) is 16.3. The van der Waals surface area contributed by atoms with E-state index >= 15 is 0 Å². The van der Waals surface area contributed by atoms with Crippen LogP contribution in [0.2, 0.25) is 0 Å². The number of hydrogen-bond donors (Lipinski definition) is 1. The Morgan fingerprint density at radius 3 is 2.74 bits per heavy atom. The van der Waals surface area contributed by atoms with Crippen LogP contribution in [0.3, 0.4) is 0 Å². The van der Waals surface area contributed by atoms with Crippen LogP contribution in [0.5, 0.6) is 11.5 Å². The molecule has 1 aromatic carbocycles. The highest BCUT2D eigenvalue weighted by Gasteiger charge is 2.28. The molecule has 1 saturated heterocycles. The van der Waals surface area contributed by atoms with Crippen LogP contribution in [0.1, 0.15) is 23.7 Å². The molecule has 1 unspecified atom stereocenters. The predicted octanol–water partition coefficient (Wildman–Crippen LogP) is 1.92. The van der Waals surface area contributed by atoms with Crippen LogP contribution in [-0.4, -0.2) is 73.4 Å². The second-order valence-electron chi connectivity index (χ2n) is 7.16. The third kappa shape index (κ3) is 5.23. The first-order valence-corrected chi connectivity index (χ1v) is 9.28. The van der Waals surface area contributed by atoms with Crippen molar-refractivity contribution in [3.05, 3.63) is 41.7 Å².